The molecule has 144 valence electrons. The van der Waals surface area contributed by atoms with Crippen molar-refractivity contribution >= 4 is 5.78 Å². The zero-order chi connectivity index (χ0) is 20.1. The SMILES string of the molecule is CC1=CCC(C)(c2cn3c(-c4ccc(C)cc4C)c(CN)c(C)nc3n2)C=C1. The van der Waals surface area contributed by atoms with E-state index in [9.17, 15) is 0 Å². The third-order valence-corrected chi connectivity index (χ3v) is 5.91. The van der Waals surface area contributed by atoms with E-state index in [2.05, 4.69) is 74.7 Å². The lowest BCUT2D eigenvalue weighted by molar-refractivity contribution is 0.580. The second-order valence-electron chi connectivity index (χ2n) is 8.25. The summed E-state index contributed by atoms with van der Waals surface area (Å²) in [5.74, 6) is 0.737. The maximum atomic E-state index is 6.16. The van der Waals surface area contributed by atoms with Crippen LogP contribution in [0.2, 0.25) is 0 Å². The van der Waals surface area contributed by atoms with Crippen LogP contribution in [0, 0.1) is 20.8 Å². The summed E-state index contributed by atoms with van der Waals surface area (Å²) in [6, 6.07) is 6.56. The maximum absolute atomic E-state index is 6.16. The van der Waals surface area contributed by atoms with Crippen molar-refractivity contribution in [2.75, 3.05) is 0 Å². The highest BCUT2D eigenvalue weighted by molar-refractivity contribution is 5.71. The molecule has 2 aromatic heterocycles. The number of hydrogen-bond donors (Lipinski definition) is 1. The number of nitrogens with two attached hydrogens (primary N) is 1. The third kappa shape index (κ3) is 2.98. The van der Waals surface area contributed by atoms with Crippen LogP contribution in [-0.4, -0.2) is 14.4 Å². The van der Waals surface area contributed by atoms with Gasteiger partial charge in [-0.2, -0.15) is 0 Å². The Balaban J connectivity index is 1.98. The second-order valence-corrected chi connectivity index (χ2v) is 8.25. The summed E-state index contributed by atoms with van der Waals surface area (Å²) >= 11 is 0. The Kier molecular flexibility index (Phi) is 4.47. The molecule has 2 N–H and O–H groups in total. The molecule has 4 nitrogen and oxygen atoms in total. The van der Waals surface area contributed by atoms with Crippen LogP contribution in [0.25, 0.3) is 17.0 Å². The molecule has 4 rings (SSSR count). The molecule has 1 aliphatic rings. The van der Waals surface area contributed by atoms with Gasteiger partial charge in [0.15, 0.2) is 0 Å². The molecule has 1 aliphatic carbocycles. The molecule has 0 radical (unpaired) electrons. The first-order valence-electron chi connectivity index (χ1n) is 9.85. The van der Waals surface area contributed by atoms with E-state index in [0.29, 0.717) is 6.54 Å². The summed E-state index contributed by atoms with van der Waals surface area (Å²) in [4.78, 5) is 9.71. The number of allylic oxidation sites excluding steroid dienone is 4. The van der Waals surface area contributed by atoms with Gasteiger partial charge in [-0.25, -0.2) is 9.97 Å². The first kappa shape index (κ1) is 18.6. The normalized spacial score (nSPS) is 19.3. The molecule has 1 unspecified atom stereocenters. The summed E-state index contributed by atoms with van der Waals surface area (Å²) < 4.78 is 2.13. The quantitative estimate of drug-likeness (QED) is 0.708. The molecule has 0 spiro atoms. The smallest absolute Gasteiger partial charge is 0.234 e. The van der Waals surface area contributed by atoms with E-state index in [1.807, 2.05) is 6.92 Å². The van der Waals surface area contributed by atoms with E-state index in [1.54, 1.807) is 0 Å². The van der Waals surface area contributed by atoms with Gasteiger partial charge in [-0.3, -0.25) is 4.40 Å². The minimum atomic E-state index is -0.121. The van der Waals surface area contributed by atoms with Gasteiger partial charge in [0.05, 0.1) is 11.4 Å². The lowest BCUT2D eigenvalue weighted by Crippen LogP contribution is -2.20. The molecule has 0 saturated heterocycles. The number of rotatable bonds is 3. The van der Waals surface area contributed by atoms with Crippen molar-refractivity contribution in [1.82, 2.24) is 14.4 Å². The van der Waals surface area contributed by atoms with E-state index in [-0.39, 0.29) is 5.41 Å². The zero-order valence-electron chi connectivity index (χ0n) is 17.4. The van der Waals surface area contributed by atoms with Gasteiger partial charge in [0.1, 0.15) is 0 Å². The van der Waals surface area contributed by atoms with Crippen molar-refractivity contribution in [3.63, 3.8) is 0 Å². The molecule has 0 amide bonds. The standard InChI is InChI=1S/C24H28N4/c1-15-8-10-24(5,11-9-15)21-14-28-22(19-7-6-16(2)12-17(19)3)20(13-25)18(4)26-23(28)27-21/h6-10,12,14H,11,13,25H2,1-5H3. The Labute approximate surface area is 166 Å². The number of nitrogens with zero attached hydrogens (tertiary/aromatic N) is 3. The Morgan fingerprint density at radius 1 is 1.14 bits per heavy atom. The fourth-order valence-corrected chi connectivity index (χ4v) is 4.05. The van der Waals surface area contributed by atoms with Crippen LogP contribution >= 0.6 is 0 Å². The van der Waals surface area contributed by atoms with Crippen molar-refractivity contribution in [3.05, 3.63) is 76.3 Å². The van der Waals surface area contributed by atoms with Crippen molar-refractivity contribution < 1.29 is 0 Å². The molecule has 0 aliphatic heterocycles. The molecule has 4 heteroatoms. The van der Waals surface area contributed by atoms with Gasteiger partial charge in [0.25, 0.3) is 0 Å². The second kappa shape index (κ2) is 6.71. The average Bonchev–Trinajstić information content (AvgIpc) is 3.08. The molecule has 1 aromatic carbocycles. The topological polar surface area (TPSA) is 56.2 Å². The first-order valence-corrected chi connectivity index (χ1v) is 9.85. The van der Waals surface area contributed by atoms with Gasteiger partial charge in [-0.1, -0.05) is 54.5 Å². The van der Waals surface area contributed by atoms with Crippen molar-refractivity contribution in [2.45, 2.75) is 53.0 Å². The number of aromatic nitrogens is 3. The van der Waals surface area contributed by atoms with E-state index in [4.69, 9.17) is 15.7 Å². The van der Waals surface area contributed by atoms with Gasteiger partial charge >= 0.3 is 0 Å². The van der Waals surface area contributed by atoms with Gasteiger partial charge in [0, 0.05) is 35.0 Å². The molecule has 2 heterocycles. The summed E-state index contributed by atoms with van der Waals surface area (Å²) in [6.07, 6.45) is 9.81. The summed E-state index contributed by atoms with van der Waals surface area (Å²) in [7, 11) is 0. The van der Waals surface area contributed by atoms with E-state index >= 15 is 0 Å². The largest absolute Gasteiger partial charge is 0.326 e. The third-order valence-electron chi connectivity index (χ3n) is 5.91. The monoisotopic (exact) mass is 372 g/mol. The van der Waals surface area contributed by atoms with Crippen LogP contribution in [0.3, 0.4) is 0 Å². The molecular weight excluding hydrogens is 344 g/mol. The fraction of sp³-hybridized carbons (Fsp3) is 0.333. The average molecular weight is 373 g/mol. The van der Waals surface area contributed by atoms with Crippen LogP contribution in [0.15, 0.2) is 48.2 Å². The Morgan fingerprint density at radius 3 is 2.57 bits per heavy atom. The van der Waals surface area contributed by atoms with Crippen molar-refractivity contribution in [2.24, 2.45) is 5.73 Å². The molecular formula is C24H28N4. The number of aryl methyl sites for hydroxylation is 3. The molecule has 28 heavy (non-hydrogen) atoms. The Bertz CT molecular complexity index is 1130. The zero-order valence-corrected chi connectivity index (χ0v) is 17.4. The summed E-state index contributed by atoms with van der Waals surface area (Å²) in [6.45, 7) is 11.1. The van der Waals surface area contributed by atoms with Gasteiger partial charge < -0.3 is 5.73 Å². The van der Waals surface area contributed by atoms with Crippen molar-refractivity contribution in [1.29, 1.82) is 0 Å². The minimum absolute atomic E-state index is 0.121. The van der Waals surface area contributed by atoms with Gasteiger partial charge in [-0.05, 0) is 39.7 Å². The van der Waals surface area contributed by atoms with Crippen LogP contribution in [0.5, 0.6) is 0 Å². The minimum Gasteiger partial charge on any atom is -0.326 e. The highest BCUT2D eigenvalue weighted by atomic mass is 15.1. The molecule has 0 saturated carbocycles. The van der Waals surface area contributed by atoms with E-state index in [0.717, 1.165) is 34.8 Å². The summed E-state index contributed by atoms with van der Waals surface area (Å²) in [5, 5.41) is 0. The van der Waals surface area contributed by atoms with E-state index in [1.165, 1.54) is 22.3 Å². The van der Waals surface area contributed by atoms with Gasteiger partial charge in [0.2, 0.25) is 5.78 Å². The van der Waals surface area contributed by atoms with Crippen LogP contribution in [0.4, 0.5) is 0 Å². The number of hydrogen-bond acceptors (Lipinski definition) is 3. The maximum Gasteiger partial charge on any atom is 0.234 e. The van der Waals surface area contributed by atoms with Crippen LogP contribution in [-0.2, 0) is 12.0 Å². The highest BCUT2D eigenvalue weighted by Crippen LogP contribution is 2.35. The predicted molar refractivity (Wildman–Crippen MR) is 115 cm³/mol. The Morgan fingerprint density at radius 2 is 1.93 bits per heavy atom. The molecule has 1 atom stereocenters. The Hall–Kier alpha value is -2.72. The lowest BCUT2D eigenvalue weighted by atomic mass is 9.80. The van der Waals surface area contributed by atoms with E-state index < -0.39 is 0 Å². The first-order chi connectivity index (χ1) is 13.3. The van der Waals surface area contributed by atoms with Crippen LogP contribution in [0.1, 0.15) is 48.3 Å². The number of benzene rings is 1. The predicted octanol–water partition coefficient (Wildman–Crippen LogP) is 4.94. The lowest BCUT2D eigenvalue weighted by Gasteiger charge is -2.25. The molecule has 3 aromatic rings. The molecule has 0 bridgehead atoms. The summed E-state index contributed by atoms with van der Waals surface area (Å²) in [5.41, 5.74) is 15.2. The van der Waals surface area contributed by atoms with Gasteiger partial charge in [-0.15, -0.1) is 0 Å². The number of fused-ring (bicyclic) bond motifs is 1. The van der Waals surface area contributed by atoms with Crippen LogP contribution < -0.4 is 5.73 Å². The highest BCUT2D eigenvalue weighted by Gasteiger charge is 2.29. The fourth-order valence-electron chi connectivity index (χ4n) is 4.05. The van der Waals surface area contributed by atoms with Crippen molar-refractivity contribution in [3.8, 4) is 11.3 Å². The molecule has 0 fully saturated rings. The number of imidazole rings is 1.